The number of benzene rings is 1. The van der Waals surface area contributed by atoms with Gasteiger partial charge in [-0.2, -0.15) is 0 Å². The number of carbonyl (C=O) groups excluding carboxylic acids is 2. The predicted octanol–water partition coefficient (Wildman–Crippen LogP) is 0.820. The summed E-state index contributed by atoms with van der Waals surface area (Å²) in [7, 11) is 0. The maximum absolute atomic E-state index is 12.2. The minimum absolute atomic E-state index is 0.00480. The molecule has 1 saturated heterocycles. The zero-order chi connectivity index (χ0) is 14.0. The third-order valence-corrected chi connectivity index (χ3v) is 3.04. The number of piperazine rings is 1. The zero-order valence-electron chi connectivity index (χ0n) is 9.76. The third kappa shape index (κ3) is 2.65. The summed E-state index contributed by atoms with van der Waals surface area (Å²) in [5.74, 6) is -0.901. The highest BCUT2D eigenvalue weighted by Crippen LogP contribution is 2.27. The highest BCUT2D eigenvalue weighted by Gasteiger charge is 2.29. The first-order valence-electron chi connectivity index (χ1n) is 5.49. The molecule has 0 aliphatic carbocycles. The minimum atomic E-state index is -0.664. The lowest BCUT2D eigenvalue weighted by Crippen LogP contribution is -2.50. The van der Waals surface area contributed by atoms with Crippen molar-refractivity contribution in [3.63, 3.8) is 0 Å². The average molecular weight is 284 g/mol. The fourth-order valence-electron chi connectivity index (χ4n) is 1.85. The predicted molar refractivity (Wildman–Crippen MR) is 67.0 cm³/mol. The van der Waals surface area contributed by atoms with Crippen molar-refractivity contribution in [2.75, 3.05) is 19.6 Å². The Morgan fingerprint density at radius 3 is 2.84 bits per heavy atom. The van der Waals surface area contributed by atoms with Crippen LogP contribution in [0, 0.1) is 10.1 Å². The molecule has 1 N–H and O–H groups in total. The van der Waals surface area contributed by atoms with E-state index in [4.69, 9.17) is 11.6 Å². The maximum Gasteiger partial charge on any atom is 0.283 e. The molecule has 1 aromatic carbocycles. The van der Waals surface area contributed by atoms with Crippen molar-refractivity contribution in [3.8, 4) is 0 Å². The standard InChI is InChI=1S/C11H10ClN3O4/c12-7-2-1-3-8(15(18)19)10(7)11(17)14-5-4-13-9(16)6-14/h1-3H,4-6H2,(H,13,16). The molecular weight excluding hydrogens is 274 g/mol. The van der Waals surface area contributed by atoms with Crippen molar-refractivity contribution in [1.29, 1.82) is 0 Å². The van der Waals surface area contributed by atoms with Crippen molar-refractivity contribution in [2.45, 2.75) is 0 Å². The lowest BCUT2D eigenvalue weighted by Gasteiger charge is -2.26. The highest BCUT2D eigenvalue weighted by atomic mass is 35.5. The number of hydrogen-bond donors (Lipinski definition) is 1. The first kappa shape index (κ1) is 13.3. The summed E-state index contributed by atoms with van der Waals surface area (Å²) in [6, 6.07) is 4.02. The number of halogens is 1. The Morgan fingerprint density at radius 1 is 1.47 bits per heavy atom. The fraction of sp³-hybridized carbons (Fsp3) is 0.273. The number of nitro groups is 1. The molecule has 0 aromatic heterocycles. The summed E-state index contributed by atoms with van der Waals surface area (Å²) in [4.78, 5) is 35.0. The van der Waals surface area contributed by atoms with E-state index in [0.29, 0.717) is 13.1 Å². The summed E-state index contributed by atoms with van der Waals surface area (Å²) < 4.78 is 0. The van der Waals surface area contributed by atoms with E-state index < -0.39 is 10.8 Å². The van der Waals surface area contributed by atoms with Gasteiger partial charge in [0.1, 0.15) is 5.56 Å². The number of nitro benzene ring substituents is 1. The van der Waals surface area contributed by atoms with Crippen molar-refractivity contribution < 1.29 is 14.5 Å². The Bertz CT molecular complexity index is 561. The van der Waals surface area contributed by atoms with E-state index in [-0.39, 0.29) is 28.7 Å². The van der Waals surface area contributed by atoms with Crippen LogP contribution in [0.3, 0.4) is 0 Å². The van der Waals surface area contributed by atoms with Crippen LogP contribution in [-0.4, -0.2) is 41.3 Å². The number of carbonyl (C=O) groups is 2. The normalized spacial score (nSPS) is 15.0. The van der Waals surface area contributed by atoms with Crippen molar-refractivity contribution in [2.24, 2.45) is 0 Å². The lowest BCUT2D eigenvalue weighted by atomic mass is 10.1. The van der Waals surface area contributed by atoms with Crippen LogP contribution in [0.1, 0.15) is 10.4 Å². The van der Waals surface area contributed by atoms with Gasteiger partial charge in [-0.1, -0.05) is 17.7 Å². The molecule has 1 aromatic rings. The molecular formula is C11H10ClN3O4. The van der Waals surface area contributed by atoms with Crippen molar-refractivity contribution in [1.82, 2.24) is 10.2 Å². The van der Waals surface area contributed by atoms with Crippen LogP contribution in [-0.2, 0) is 4.79 Å². The minimum Gasteiger partial charge on any atom is -0.353 e. The third-order valence-electron chi connectivity index (χ3n) is 2.73. The largest absolute Gasteiger partial charge is 0.353 e. The summed E-state index contributed by atoms with van der Waals surface area (Å²) in [5, 5.41) is 13.5. The first-order chi connectivity index (χ1) is 9.00. The number of amides is 2. The van der Waals surface area contributed by atoms with Gasteiger partial charge in [0.2, 0.25) is 5.91 Å². The van der Waals surface area contributed by atoms with Gasteiger partial charge in [0.25, 0.3) is 11.6 Å². The molecule has 1 heterocycles. The van der Waals surface area contributed by atoms with E-state index in [9.17, 15) is 19.7 Å². The Hall–Kier alpha value is -2.15. The van der Waals surface area contributed by atoms with Crippen LogP contribution in [0.4, 0.5) is 5.69 Å². The molecule has 0 unspecified atom stereocenters. The van der Waals surface area contributed by atoms with E-state index in [1.165, 1.54) is 23.1 Å². The summed E-state index contributed by atoms with van der Waals surface area (Å²) in [5.41, 5.74) is -0.535. The molecule has 7 nitrogen and oxygen atoms in total. The molecule has 1 aliphatic heterocycles. The average Bonchev–Trinajstić information content (AvgIpc) is 2.37. The van der Waals surface area contributed by atoms with Gasteiger partial charge in [-0.05, 0) is 6.07 Å². The van der Waals surface area contributed by atoms with Crippen LogP contribution in [0.5, 0.6) is 0 Å². The van der Waals surface area contributed by atoms with E-state index in [1.54, 1.807) is 0 Å². The van der Waals surface area contributed by atoms with Gasteiger partial charge in [-0.25, -0.2) is 0 Å². The van der Waals surface area contributed by atoms with Gasteiger partial charge in [0, 0.05) is 19.2 Å². The molecule has 0 bridgehead atoms. The van der Waals surface area contributed by atoms with Gasteiger partial charge >= 0.3 is 0 Å². The Labute approximate surface area is 113 Å². The smallest absolute Gasteiger partial charge is 0.283 e. The lowest BCUT2D eigenvalue weighted by molar-refractivity contribution is -0.385. The molecule has 1 aliphatic rings. The van der Waals surface area contributed by atoms with Crippen molar-refractivity contribution in [3.05, 3.63) is 38.9 Å². The molecule has 0 radical (unpaired) electrons. The van der Waals surface area contributed by atoms with Crippen LogP contribution in [0.15, 0.2) is 18.2 Å². The number of rotatable bonds is 2. The Morgan fingerprint density at radius 2 is 2.21 bits per heavy atom. The quantitative estimate of drug-likeness (QED) is 0.642. The van der Waals surface area contributed by atoms with Gasteiger partial charge in [0.05, 0.1) is 16.5 Å². The second-order valence-electron chi connectivity index (χ2n) is 3.97. The monoisotopic (exact) mass is 283 g/mol. The maximum atomic E-state index is 12.2. The second-order valence-corrected chi connectivity index (χ2v) is 4.37. The Kier molecular flexibility index (Phi) is 3.66. The van der Waals surface area contributed by atoms with Crippen LogP contribution >= 0.6 is 11.6 Å². The van der Waals surface area contributed by atoms with Gasteiger partial charge in [-0.15, -0.1) is 0 Å². The first-order valence-corrected chi connectivity index (χ1v) is 5.87. The topological polar surface area (TPSA) is 92.5 Å². The van der Waals surface area contributed by atoms with Crippen LogP contribution in [0.25, 0.3) is 0 Å². The Balaban J connectivity index is 2.38. The molecule has 19 heavy (non-hydrogen) atoms. The summed E-state index contributed by atoms with van der Waals surface area (Å²) in [6.45, 7) is 0.497. The number of hydrogen-bond acceptors (Lipinski definition) is 4. The molecule has 100 valence electrons. The molecule has 1 fully saturated rings. The fourth-order valence-corrected chi connectivity index (χ4v) is 2.10. The SMILES string of the molecule is O=C1CN(C(=O)c2c(Cl)cccc2[N+](=O)[O-])CCN1. The van der Waals surface area contributed by atoms with E-state index >= 15 is 0 Å². The molecule has 2 rings (SSSR count). The zero-order valence-corrected chi connectivity index (χ0v) is 10.5. The van der Waals surface area contributed by atoms with E-state index in [1.807, 2.05) is 0 Å². The molecule has 8 heteroatoms. The number of nitrogens with one attached hydrogen (secondary N) is 1. The van der Waals surface area contributed by atoms with Gasteiger partial charge in [0.15, 0.2) is 0 Å². The molecule has 0 saturated carbocycles. The van der Waals surface area contributed by atoms with E-state index in [2.05, 4.69) is 5.32 Å². The highest BCUT2D eigenvalue weighted by molar-refractivity contribution is 6.34. The van der Waals surface area contributed by atoms with Gasteiger partial charge in [-0.3, -0.25) is 19.7 Å². The van der Waals surface area contributed by atoms with Crippen molar-refractivity contribution >= 4 is 29.1 Å². The molecule has 0 spiro atoms. The molecule has 0 atom stereocenters. The van der Waals surface area contributed by atoms with E-state index in [0.717, 1.165) is 0 Å². The van der Waals surface area contributed by atoms with Crippen LogP contribution in [0.2, 0.25) is 5.02 Å². The van der Waals surface area contributed by atoms with Gasteiger partial charge < -0.3 is 10.2 Å². The number of nitrogens with zero attached hydrogens (tertiary/aromatic N) is 2. The van der Waals surface area contributed by atoms with Crippen LogP contribution < -0.4 is 5.32 Å². The second kappa shape index (κ2) is 5.23. The summed E-state index contributed by atoms with van der Waals surface area (Å²) >= 11 is 5.87. The molecule has 2 amide bonds. The summed E-state index contributed by atoms with van der Waals surface area (Å²) in [6.07, 6.45) is 0.